The number of benzene rings is 3. The molecule has 38 heavy (non-hydrogen) atoms. The van der Waals surface area contributed by atoms with E-state index in [2.05, 4.69) is 15.6 Å². The molecule has 9 nitrogen and oxygen atoms in total. The third-order valence-electron chi connectivity index (χ3n) is 6.13. The number of pyridine rings is 1. The van der Waals surface area contributed by atoms with Crippen LogP contribution in [-0.4, -0.2) is 49.3 Å². The zero-order chi connectivity index (χ0) is 26.8. The van der Waals surface area contributed by atoms with Gasteiger partial charge in [0.05, 0.1) is 37.7 Å². The fourth-order valence-corrected chi connectivity index (χ4v) is 4.23. The first-order valence-electron chi connectivity index (χ1n) is 11.6. The molecule has 0 bridgehead atoms. The third-order valence-corrected chi connectivity index (χ3v) is 6.13. The van der Waals surface area contributed by atoms with Crippen LogP contribution in [0.2, 0.25) is 0 Å². The summed E-state index contributed by atoms with van der Waals surface area (Å²) in [5.41, 5.74) is 1.61. The summed E-state index contributed by atoms with van der Waals surface area (Å²) in [5.74, 6) is -0.175. The average molecular weight is 520 g/mol. The van der Waals surface area contributed by atoms with Gasteiger partial charge in [-0.05, 0) is 42.5 Å². The highest BCUT2D eigenvalue weighted by atomic mass is 19.1. The van der Waals surface area contributed by atoms with Gasteiger partial charge in [-0.25, -0.2) is 23.3 Å². The largest absolute Gasteiger partial charge is 0.493 e. The summed E-state index contributed by atoms with van der Waals surface area (Å²) in [7, 11) is 3.05. The van der Waals surface area contributed by atoms with Gasteiger partial charge >= 0.3 is 12.1 Å². The van der Waals surface area contributed by atoms with Crippen LogP contribution in [-0.2, 0) is 0 Å². The van der Waals surface area contributed by atoms with Crippen molar-refractivity contribution in [2.75, 3.05) is 42.8 Å². The number of nitrogens with one attached hydrogen (secondary N) is 2. The number of fused-ring (bicyclic) bond motifs is 1. The van der Waals surface area contributed by atoms with Crippen LogP contribution in [0, 0.1) is 11.6 Å². The van der Waals surface area contributed by atoms with E-state index in [1.807, 2.05) is 0 Å². The molecule has 1 aliphatic heterocycles. The van der Waals surface area contributed by atoms with Crippen LogP contribution in [0.4, 0.5) is 41.1 Å². The molecule has 0 unspecified atom stereocenters. The van der Waals surface area contributed by atoms with Crippen molar-refractivity contribution in [3.63, 3.8) is 0 Å². The van der Waals surface area contributed by atoms with E-state index in [9.17, 15) is 14.0 Å². The Morgan fingerprint density at radius 3 is 2.42 bits per heavy atom. The number of aromatic nitrogens is 1. The number of rotatable bonds is 6. The number of hydrogen-bond acceptors (Lipinski definition) is 6. The maximum atomic E-state index is 15.0. The fraction of sp³-hybridized carbons (Fsp3) is 0.148. The normalized spacial score (nSPS) is 13.1. The molecule has 0 atom stereocenters. The summed E-state index contributed by atoms with van der Waals surface area (Å²) in [6, 6.07) is 13.7. The number of amides is 4. The zero-order valence-electron chi connectivity index (χ0n) is 20.5. The summed E-state index contributed by atoms with van der Waals surface area (Å²) in [6.45, 7) is 0.200. The number of halogens is 2. The minimum absolute atomic E-state index is 0.0600. The molecule has 4 aromatic rings. The SMILES string of the molecule is COc1cc2nccc(Nc3ccc(NC(=O)N4CCN(c5ccccc5F)C4=O)cc3F)c2cc1OC. The second-order valence-corrected chi connectivity index (χ2v) is 8.37. The van der Waals surface area contributed by atoms with Gasteiger partial charge in [0.15, 0.2) is 11.5 Å². The van der Waals surface area contributed by atoms with Gasteiger partial charge in [-0.1, -0.05) is 12.1 Å². The second-order valence-electron chi connectivity index (χ2n) is 8.37. The van der Waals surface area contributed by atoms with Crippen molar-refractivity contribution in [1.82, 2.24) is 9.88 Å². The van der Waals surface area contributed by atoms with Crippen molar-refractivity contribution in [2.45, 2.75) is 0 Å². The zero-order valence-corrected chi connectivity index (χ0v) is 20.5. The molecular weight excluding hydrogens is 496 g/mol. The van der Waals surface area contributed by atoms with Gasteiger partial charge in [-0.2, -0.15) is 0 Å². The first kappa shape index (κ1) is 24.8. The number of para-hydroxylation sites is 1. The van der Waals surface area contributed by atoms with Gasteiger partial charge in [-0.15, -0.1) is 0 Å². The molecular formula is C27H23F2N5O4. The number of nitrogens with zero attached hydrogens (tertiary/aromatic N) is 3. The molecule has 3 aromatic carbocycles. The number of methoxy groups -OCH3 is 2. The Balaban J connectivity index is 1.31. The topological polar surface area (TPSA) is 96.0 Å². The summed E-state index contributed by atoms with van der Waals surface area (Å²) < 4.78 is 39.8. The molecule has 1 aliphatic rings. The predicted molar refractivity (Wildman–Crippen MR) is 139 cm³/mol. The van der Waals surface area contributed by atoms with Crippen LogP contribution in [0.25, 0.3) is 10.9 Å². The Labute approximate surface area is 216 Å². The molecule has 4 amide bonds. The lowest BCUT2D eigenvalue weighted by Crippen LogP contribution is -2.39. The van der Waals surface area contributed by atoms with E-state index >= 15 is 4.39 Å². The van der Waals surface area contributed by atoms with Crippen LogP contribution in [0.15, 0.2) is 66.9 Å². The quantitative estimate of drug-likeness (QED) is 0.337. The van der Waals surface area contributed by atoms with E-state index in [0.29, 0.717) is 28.1 Å². The number of imide groups is 1. The Morgan fingerprint density at radius 1 is 0.921 bits per heavy atom. The van der Waals surface area contributed by atoms with Crippen LogP contribution in [0.3, 0.4) is 0 Å². The molecule has 2 N–H and O–H groups in total. The highest BCUT2D eigenvalue weighted by Gasteiger charge is 2.35. The molecule has 11 heteroatoms. The average Bonchev–Trinajstić information content (AvgIpc) is 3.30. The number of anilines is 4. The Bertz CT molecular complexity index is 1550. The van der Waals surface area contributed by atoms with Crippen molar-refractivity contribution >= 4 is 45.7 Å². The molecule has 0 spiro atoms. The van der Waals surface area contributed by atoms with Gasteiger partial charge in [0.25, 0.3) is 0 Å². The van der Waals surface area contributed by atoms with Gasteiger partial charge in [0.2, 0.25) is 0 Å². The number of urea groups is 2. The van der Waals surface area contributed by atoms with E-state index in [1.165, 1.54) is 49.5 Å². The lowest BCUT2D eigenvalue weighted by Gasteiger charge is -2.18. The Morgan fingerprint density at radius 2 is 1.68 bits per heavy atom. The first-order chi connectivity index (χ1) is 18.4. The summed E-state index contributed by atoms with van der Waals surface area (Å²) in [4.78, 5) is 31.9. The maximum Gasteiger partial charge on any atom is 0.332 e. The Kier molecular flexibility index (Phi) is 6.65. The smallest absolute Gasteiger partial charge is 0.332 e. The number of hydrogen-bond donors (Lipinski definition) is 2. The van der Waals surface area contributed by atoms with Gasteiger partial charge in [-0.3, -0.25) is 9.88 Å². The van der Waals surface area contributed by atoms with E-state index < -0.39 is 23.7 Å². The highest BCUT2D eigenvalue weighted by Crippen LogP contribution is 2.36. The monoisotopic (exact) mass is 519 g/mol. The van der Waals surface area contributed by atoms with E-state index in [0.717, 1.165) is 11.0 Å². The van der Waals surface area contributed by atoms with Crippen LogP contribution in [0.5, 0.6) is 11.5 Å². The van der Waals surface area contributed by atoms with Crippen LogP contribution in [0.1, 0.15) is 0 Å². The van der Waals surface area contributed by atoms with Crippen molar-refractivity contribution in [2.24, 2.45) is 0 Å². The highest BCUT2D eigenvalue weighted by molar-refractivity contribution is 6.08. The van der Waals surface area contributed by atoms with Crippen LogP contribution < -0.4 is 25.0 Å². The lowest BCUT2D eigenvalue weighted by molar-refractivity contribution is 0.209. The molecule has 1 saturated heterocycles. The van der Waals surface area contributed by atoms with Crippen molar-refractivity contribution < 1.29 is 27.8 Å². The molecule has 0 radical (unpaired) electrons. The van der Waals surface area contributed by atoms with E-state index in [1.54, 1.807) is 30.5 Å². The predicted octanol–water partition coefficient (Wildman–Crippen LogP) is 5.75. The summed E-state index contributed by atoms with van der Waals surface area (Å²) >= 11 is 0. The first-order valence-corrected chi connectivity index (χ1v) is 11.6. The molecule has 1 fully saturated rings. The number of carbonyl (C=O) groups excluding carboxylic acids is 2. The minimum Gasteiger partial charge on any atom is -0.493 e. The standard InChI is InChI=1S/C27H23F2N5O4/c1-37-24-14-17-20(9-10-30-22(17)15-25(24)38-2)32-21-8-7-16(13-19(21)29)31-26(35)34-12-11-33(27(34)36)23-6-4-3-5-18(23)28/h3-10,13-15H,11-12H2,1-2H3,(H,30,32)(H,31,35). The molecule has 2 heterocycles. The summed E-state index contributed by atoms with van der Waals surface area (Å²) in [5, 5.41) is 6.26. The molecule has 5 rings (SSSR count). The van der Waals surface area contributed by atoms with Gasteiger partial charge in [0.1, 0.15) is 11.6 Å². The fourth-order valence-electron chi connectivity index (χ4n) is 4.23. The van der Waals surface area contributed by atoms with Crippen molar-refractivity contribution in [3.8, 4) is 11.5 Å². The van der Waals surface area contributed by atoms with Gasteiger partial charge < -0.3 is 20.1 Å². The van der Waals surface area contributed by atoms with Gasteiger partial charge in [0, 0.05) is 35.6 Å². The Hall–Kier alpha value is -4.93. The lowest BCUT2D eigenvalue weighted by atomic mass is 10.1. The molecule has 0 saturated carbocycles. The van der Waals surface area contributed by atoms with Crippen molar-refractivity contribution in [3.05, 3.63) is 78.5 Å². The molecule has 1 aromatic heterocycles. The number of carbonyl (C=O) groups is 2. The maximum absolute atomic E-state index is 15.0. The minimum atomic E-state index is -0.741. The second kappa shape index (κ2) is 10.2. The third kappa shape index (κ3) is 4.61. The van der Waals surface area contributed by atoms with E-state index in [4.69, 9.17) is 9.47 Å². The van der Waals surface area contributed by atoms with Crippen molar-refractivity contribution in [1.29, 1.82) is 0 Å². The molecule has 194 valence electrons. The molecule has 0 aliphatic carbocycles. The van der Waals surface area contributed by atoms with Crippen LogP contribution >= 0.6 is 0 Å². The summed E-state index contributed by atoms with van der Waals surface area (Å²) in [6.07, 6.45) is 1.58. The number of ether oxygens (including phenoxy) is 2. The van der Waals surface area contributed by atoms with E-state index in [-0.39, 0.29) is 30.2 Å².